The highest BCUT2D eigenvalue weighted by atomic mass is 35.5. The van der Waals surface area contributed by atoms with Crippen molar-refractivity contribution in [1.29, 1.82) is 0 Å². The lowest BCUT2D eigenvalue weighted by Gasteiger charge is -2.05. The van der Waals surface area contributed by atoms with Gasteiger partial charge in [-0.15, -0.1) is 0 Å². The molecule has 0 saturated carbocycles. The van der Waals surface area contributed by atoms with Crippen LogP contribution in [-0.2, 0) is 4.79 Å². The van der Waals surface area contributed by atoms with E-state index < -0.39 is 11.9 Å². The van der Waals surface area contributed by atoms with Crippen LogP contribution >= 0.6 is 11.6 Å². The highest BCUT2D eigenvalue weighted by Crippen LogP contribution is 2.23. The molecule has 0 unspecified atom stereocenters. The van der Waals surface area contributed by atoms with Crippen molar-refractivity contribution in [3.63, 3.8) is 0 Å². The monoisotopic (exact) mass is 332 g/mol. The van der Waals surface area contributed by atoms with Crippen LogP contribution in [0.3, 0.4) is 0 Å². The van der Waals surface area contributed by atoms with Gasteiger partial charge in [-0.05, 0) is 42.0 Å². The van der Waals surface area contributed by atoms with Gasteiger partial charge >= 0.3 is 11.9 Å². The number of methoxy groups -OCH3 is 1. The van der Waals surface area contributed by atoms with Gasteiger partial charge in [0.25, 0.3) is 0 Å². The highest BCUT2D eigenvalue weighted by molar-refractivity contribution is 6.31. The third-order valence-electron chi connectivity index (χ3n) is 2.91. The fraction of sp³-hybridized carbons (Fsp3) is 0.0588. The first kappa shape index (κ1) is 16.6. The molecule has 0 aliphatic carbocycles. The summed E-state index contributed by atoms with van der Waals surface area (Å²) >= 11 is 5.74. The lowest BCUT2D eigenvalue weighted by atomic mass is 10.2. The van der Waals surface area contributed by atoms with E-state index in [2.05, 4.69) is 0 Å². The molecule has 0 amide bonds. The van der Waals surface area contributed by atoms with Crippen LogP contribution in [0.4, 0.5) is 0 Å². The Labute approximate surface area is 137 Å². The molecule has 0 heterocycles. The smallest absolute Gasteiger partial charge is 0.339 e. The number of carbonyl (C=O) groups excluding carboxylic acids is 1. The minimum absolute atomic E-state index is 0.0636. The molecule has 2 aromatic carbocycles. The van der Waals surface area contributed by atoms with Crippen LogP contribution in [0.15, 0.2) is 48.5 Å². The van der Waals surface area contributed by atoms with E-state index in [0.717, 1.165) is 5.56 Å². The predicted octanol–water partition coefficient (Wildman–Crippen LogP) is 3.67. The number of carboxylic acids is 1. The molecule has 0 bridgehead atoms. The number of rotatable bonds is 5. The maximum atomic E-state index is 11.8. The summed E-state index contributed by atoms with van der Waals surface area (Å²) in [4.78, 5) is 22.9. The van der Waals surface area contributed by atoms with Crippen molar-refractivity contribution < 1.29 is 24.2 Å². The van der Waals surface area contributed by atoms with Gasteiger partial charge in [0.2, 0.25) is 0 Å². The standard InChI is InChI=1S/C17H13ClO5/c1-22-13-6-2-11(3-7-13)4-9-16(19)23-15-8-5-12(18)10-14(15)17(20)21/h2-10H,1H3,(H,20,21)/b9-4+. The summed E-state index contributed by atoms with van der Waals surface area (Å²) in [6, 6.07) is 11.1. The number of hydrogen-bond donors (Lipinski definition) is 1. The summed E-state index contributed by atoms with van der Waals surface area (Å²) in [6.07, 6.45) is 2.76. The van der Waals surface area contributed by atoms with Crippen LogP contribution in [0, 0.1) is 0 Å². The first-order valence-corrected chi connectivity index (χ1v) is 6.94. The molecule has 0 fully saturated rings. The summed E-state index contributed by atoms with van der Waals surface area (Å²) in [7, 11) is 1.56. The summed E-state index contributed by atoms with van der Waals surface area (Å²) in [5.41, 5.74) is 0.598. The maximum Gasteiger partial charge on any atom is 0.339 e. The van der Waals surface area contributed by atoms with Gasteiger partial charge in [0.15, 0.2) is 0 Å². The number of esters is 1. The molecule has 6 heteroatoms. The van der Waals surface area contributed by atoms with Crippen molar-refractivity contribution in [2.45, 2.75) is 0 Å². The van der Waals surface area contributed by atoms with E-state index in [4.69, 9.17) is 26.2 Å². The van der Waals surface area contributed by atoms with Gasteiger partial charge in [-0.25, -0.2) is 9.59 Å². The third-order valence-corrected chi connectivity index (χ3v) is 3.15. The molecule has 0 atom stereocenters. The SMILES string of the molecule is COc1ccc(/C=C/C(=O)Oc2ccc(Cl)cc2C(=O)O)cc1. The number of halogens is 1. The van der Waals surface area contributed by atoms with E-state index in [1.165, 1.54) is 24.3 Å². The number of carboxylic acid groups (broad SMARTS) is 1. The second-order valence-electron chi connectivity index (χ2n) is 4.47. The molecule has 5 nitrogen and oxygen atoms in total. The minimum atomic E-state index is -1.23. The van der Waals surface area contributed by atoms with E-state index >= 15 is 0 Å². The van der Waals surface area contributed by atoms with Crippen molar-refractivity contribution in [3.05, 3.63) is 64.7 Å². The average Bonchev–Trinajstić information content (AvgIpc) is 2.55. The molecule has 1 N–H and O–H groups in total. The molecule has 0 aliphatic rings. The molecule has 118 valence electrons. The Hall–Kier alpha value is -2.79. The van der Waals surface area contributed by atoms with Gasteiger partial charge in [-0.3, -0.25) is 0 Å². The number of aromatic carboxylic acids is 1. The zero-order valence-electron chi connectivity index (χ0n) is 12.2. The first-order valence-electron chi connectivity index (χ1n) is 6.56. The predicted molar refractivity (Wildman–Crippen MR) is 86.1 cm³/mol. The number of hydrogen-bond acceptors (Lipinski definition) is 4. The minimum Gasteiger partial charge on any atom is -0.497 e. The van der Waals surface area contributed by atoms with Crippen molar-refractivity contribution in [3.8, 4) is 11.5 Å². The molecule has 0 spiro atoms. The second-order valence-corrected chi connectivity index (χ2v) is 4.91. The molecule has 23 heavy (non-hydrogen) atoms. The van der Waals surface area contributed by atoms with Gasteiger partial charge in [0.05, 0.1) is 7.11 Å². The van der Waals surface area contributed by atoms with Crippen molar-refractivity contribution in [2.75, 3.05) is 7.11 Å². The van der Waals surface area contributed by atoms with Gasteiger partial charge in [-0.2, -0.15) is 0 Å². The van der Waals surface area contributed by atoms with Crippen molar-refractivity contribution in [1.82, 2.24) is 0 Å². The fourth-order valence-corrected chi connectivity index (χ4v) is 1.95. The van der Waals surface area contributed by atoms with E-state index in [-0.39, 0.29) is 16.3 Å². The molecular weight excluding hydrogens is 320 g/mol. The van der Waals surface area contributed by atoms with Crippen LogP contribution < -0.4 is 9.47 Å². The van der Waals surface area contributed by atoms with E-state index in [9.17, 15) is 9.59 Å². The topological polar surface area (TPSA) is 72.8 Å². The van der Waals surface area contributed by atoms with E-state index in [0.29, 0.717) is 5.75 Å². The van der Waals surface area contributed by atoms with Crippen LogP contribution in [0.1, 0.15) is 15.9 Å². The van der Waals surface area contributed by atoms with Crippen molar-refractivity contribution >= 4 is 29.6 Å². The Morgan fingerprint density at radius 3 is 2.43 bits per heavy atom. The zero-order chi connectivity index (χ0) is 16.8. The fourth-order valence-electron chi connectivity index (χ4n) is 1.78. The Balaban J connectivity index is 2.10. The van der Waals surface area contributed by atoms with Crippen LogP contribution in [-0.4, -0.2) is 24.2 Å². The quantitative estimate of drug-likeness (QED) is 0.514. The molecule has 0 radical (unpaired) electrons. The Morgan fingerprint density at radius 1 is 1.13 bits per heavy atom. The lowest BCUT2D eigenvalue weighted by Crippen LogP contribution is -2.08. The van der Waals surface area contributed by atoms with Gasteiger partial charge in [0, 0.05) is 11.1 Å². The number of ether oxygens (including phenoxy) is 2. The van der Waals surface area contributed by atoms with Gasteiger partial charge < -0.3 is 14.6 Å². The Morgan fingerprint density at radius 2 is 1.83 bits per heavy atom. The van der Waals surface area contributed by atoms with Gasteiger partial charge in [0.1, 0.15) is 17.1 Å². The molecular formula is C17H13ClO5. The zero-order valence-corrected chi connectivity index (χ0v) is 12.9. The Kier molecular flexibility index (Phi) is 5.38. The van der Waals surface area contributed by atoms with E-state index in [1.807, 2.05) is 0 Å². The lowest BCUT2D eigenvalue weighted by molar-refractivity contribution is -0.128. The molecule has 2 aromatic rings. The highest BCUT2D eigenvalue weighted by Gasteiger charge is 2.14. The van der Waals surface area contributed by atoms with E-state index in [1.54, 1.807) is 37.5 Å². The van der Waals surface area contributed by atoms with Gasteiger partial charge in [-0.1, -0.05) is 23.7 Å². The second kappa shape index (κ2) is 7.47. The average molecular weight is 333 g/mol. The van der Waals surface area contributed by atoms with Crippen LogP contribution in [0.5, 0.6) is 11.5 Å². The Bertz CT molecular complexity index is 750. The normalized spacial score (nSPS) is 10.5. The number of carbonyl (C=O) groups is 2. The summed E-state index contributed by atoms with van der Waals surface area (Å²) in [5.74, 6) is -1.27. The number of benzene rings is 2. The molecule has 0 aromatic heterocycles. The van der Waals surface area contributed by atoms with Crippen molar-refractivity contribution in [2.24, 2.45) is 0 Å². The first-order chi connectivity index (χ1) is 11.0. The maximum absolute atomic E-state index is 11.8. The molecule has 2 rings (SSSR count). The summed E-state index contributed by atoms with van der Waals surface area (Å²) < 4.78 is 10.1. The molecule has 0 saturated heterocycles. The van der Waals surface area contributed by atoms with Crippen LogP contribution in [0.25, 0.3) is 6.08 Å². The molecule has 0 aliphatic heterocycles. The summed E-state index contributed by atoms with van der Waals surface area (Å²) in [5, 5.41) is 9.33. The largest absolute Gasteiger partial charge is 0.497 e. The summed E-state index contributed by atoms with van der Waals surface area (Å²) in [6.45, 7) is 0. The van der Waals surface area contributed by atoms with Crippen LogP contribution in [0.2, 0.25) is 5.02 Å². The third kappa shape index (κ3) is 4.59.